The van der Waals surface area contributed by atoms with E-state index < -0.39 is 5.97 Å². The molecule has 0 atom stereocenters. The van der Waals surface area contributed by atoms with E-state index in [1.165, 1.54) is 26.3 Å². The molecule has 2 N–H and O–H groups in total. The van der Waals surface area contributed by atoms with E-state index in [9.17, 15) is 19.2 Å². The van der Waals surface area contributed by atoms with E-state index in [1.807, 2.05) is 184 Å². The molecule has 10 aromatic rings. The molecule has 4 heterocycles. The van der Waals surface area contributed by atoms with Crippen LogP contribution < -0.4 is 18.9 Å². The second-order valence-electron chi connectivity index (χ2n) is 18.1. The van der Waals surface area contributed by atoms with Crippen molar-refractivity contribution in [2.75, 3.05) is 0 Å². The molecule has 0 unspecified atom stereocenters. The fourth-order valence-corrected chi connectivity index (χ4v) is 7.99. The summed E-state index contributed by atoms with van der Waals surface area (Å²) in [5.41, 5.74) is 19.2. The molecule has 6 aromatic carbocycles. The normalized spacial score (nSPS) is 9.65. The van der Waals surface area contributed by atoms with E-state index in [2.05, 4.69) is 79.3 Å². The number of benzene rings is 6. The number of azide groups is 1. The van der Waals surface area contributed by atoms with Crippen molar-refractivity contribution in [1.29, 1.82) is 0 Å². The maximum absolute atomic E-state index is 11.4. The minimum atomic E-state index is -1.04. The van der Waals surface area contributed by atoms with E-state index in [-0.39, 0.29) is 54.8 Å². The Balaban J connectivity index is 0.000000351. The topological polar surface area (TPSA) is 290 Å². The van der Waals surface area contributed by atoms with Gasteiger partial charge in [-0.15, -0.1) is 20.4 Å². The predicted octanol–water partition coefficient (Wildman–Crippen LogP) is 9.39. The minimum absolute atomic E-state index is 0. The fourth-order valence-electron chi connectivity index (χ4n) is 7.62. The molecular formula is C62H69BrLiN15O6. The Labute approximate surface area is 515 Å². The Morgan fingerprint density at radius 3 is 1.00 bits per heavy atom. The second-order valence-corrected chi connectivity index (χ2v) is 18.7. The molecule has 0 amide bonds. The van der Waals surface area contributed by atoms with Crippen LogP contribution in [0.5, 0.6) is 0 Å². The van der Waals surface area contributed by atoms with Crippen molar-refractivity contribution in [3.63, 3.8) is 0 Å². The van der Waals surface area contributed by atoms with Gasteiger partial charge in [-0.05, 0) is 66.6 Å². The van der Waals surface area contributed by atoms with Crippen molar-refractivity contribution in [3.05, 3.63) is 271 Å². The van der Waals surface area contributed by atoms with Crippen molar-refractivity contribution in [2.45, 2.75) is 93.9 Å². The average molecular weight is 1210 g/mol. The number of carboxylic acids is 1. The molecule has 0 aliphatic rings. The number of alkyl halides is 1. The molecule has 21 nitrogen and oxygen atoms in total. The molecule has 0 aliphatic heterocycles. The number of aromatic carboxylic acids is 1. The number of ketones is 3. The van der Waals surface area contributed by atoms with Crippen LogP contribution in [0.2, 0.25) is 0 Å². The van der Waals surface area contributed by atoms with Crippen LogP contribution in [0.1, 0.15) is 126 Å². The van der Waals surface area contributed by atoms with Gasteiger partial charge < -0.3 is 10.6 Å². The second kappa shape index (κ2) is 38.5. The number of carboxylic acid groups (broad SMARTS) is 1. The molecule has 0 radical (unpaired) electrons. The van der Waals surface area contributed by atoms with Gasteiger partial charge in [-0.3, -0.25) is 14.4 Å². The number of nitrogens with zero attached hydrogens (tertiary/aromatic N) is 15. The molecule has 4 aromatic heterocycles. The van der Waals surface area contributed by atoms with Gasteiger partial charge in [0, 0.05) is 31.0 Å². The Kier molecular flexibility index (Phi) is 32.5. The molecule has 10 rings (SSSR count). The first-order chi connectivity index (χ1) is 39.6. The molecule has 0 aliphatic carbocycles. The number of carbonyl (C=O) groups is 4. The van der Waals surface area contributed by atoms with Crippen LogP contribution in [0.3, 0.4) is 0 Å². The summed E-state index contributed by atoms with van der Waals surface area (Å²) in [6.45, 7) is 14.6. The van der Waals surface area contributed by atoms with Crippen LogP contribution in [0.15, 0.2) is 187 Å². The molecule has 0 bridgehead atoms. The summed E-state index contributed by atoms with van der Waals surface area (Å²) in [4.78, 5) is 47.3. The van der Waals surface area contributed by atoms with Gasteiger partial charge in [0.05, 0.1) is 55.5 Å². The van der Waals surface area contributed by atoms with Gasteiger partial charge in [-0.2, -0.15) is 0 Å². The number of halogens is 1. The van der Waals surface area contributed by atoms with Gasteiger partial charge in [0.1, 0.15) is 5.69 Å². The first-order valence-electron chi connectivity index (χ1n) is 25.8. The van der Waals surface area contributed by atoms with Crippen molar-refractivity contribution in [2.24, 2.45) is 5.11 Å². The number of rotatable bonds is 15. The molecule has 23 heteroatoms. The number of aryl methyl sites for hydroxylation is 1. The van der Waals surface area contributed by atoms with Crippen LogP contribution in [-0.4, -0.2) is 93.9 Å². The van der Waals surface area contributed by atoms with Crippen LogP contribution >= 0.6 is 15.9 Å². The Morgan fingerprint density at radius 2 is 0.741 bits per heavy atom. The maximum Gasteiger partial charge on any atom is 1.00 e. The number of hydrogen-bond acceptors (Lipinski definition) is 14. The van der Waals surface area contributed by atoms with Crippen molar-refractivity contribution in [3.8, 4) is 0 Å². The van der Waals surface area contributed by atoms with Gasteiger partial charge in [-0.25, -0.2) is 23.5 Å². The molecule has 436 valence electrons. The predicted molar refractivity (Wildman–Crippen MR) is 325 cm³/mol. The third kappa shape index (κ3) is 23.8. The van der Waals surface area contributed by atoms with Crippen LogP contribution in [-0.2, 0) is 38.1 Å². The molecular weight excluding hydrogens is 1140 g/mol. The molecule has 0 spiro atoms. The van der Waals surface area contributed by atoms with Gasteiger partial charge in [0.15, 0.2) is 34.4 Å². The van der Waals surface area contributed by atoms with Crippen LogP contribution in [0, 0.1) is 27.7 Å². The fraction of sp³-hybridized carbons (Fsp3) is 0.226. The van der Waals surface area contributed by atoms with Crippen molar-refractivity contribution >= 4 is 39.2 Å². The van der Waals surface area contributed by atoms with Gasteiger partial charge in [-0.1, -0.05) is 231 Å². The zero-order valence-electron chi connectivity index (χ0n) is 48.2. The Bertz CT molecular complexity index is 3390. The van der Waals surface area contributed by atoms with Gasteiger partial charge in [0.2, 0.25) is 0 Å². The van der Waals surface area contributed by atoms with Crippen LogP contribution in [0.4, 0.5) is 0 Å². The quantitative estimate of drug-likeness (QED) is 0.0250. The molecule has 0 fully saturated rings. The number of hydrogen-bond donors (Lipinski definition) is 1. The number of aromatic nitrogens is 12. The van der Waals surface area contributed by atoms with E-state index in [4.69, 9.17) is 10.6 Å². The summed E-state index contributed by atoms with van der Waals surface area (Å²) >= 11 is 3.36. The zero-order valence-corrected chi connectivity index (χ0v) is 49.8. The van der Waals surface area contributed by atoms with Crippen molar-refractivity contribution < 1.29 is 48.6 Å². The number of Topliss-reactive ketones (excluding diaryl/α,β-unsaturated/α-hetero) is 3. The molecule has 0 saturated heterocycles. The summed E-state index contributed by atoms with van der Waals surface area (Å²) in [7, 11) is 0. The smallest absolute Gasteiger partial charge is 0.870 e. The van der Waals surface area contributed by atoms with Crippen molar-refractivity contribution in [1.82, 2.24) is 60.0 Å². The first-order valence-corrected chi connectivity index (χ1v) is 26.9. The molecule has 0 saturated carbocycles. The SMILES string of the molecule is BrCc1ccccc1.C.CC(=O)c1c(C)nnn1Cc1ccccc1.CC(=O)c1nnn(Cc2ccccc2)c1C.CC(=O)c1nnn(Cc2ccccc2)c1C.Cc1c(C(=O)O)nnn1Cc1ccccc1.[Li+].[N-]=[N+]=NCc1ccccc1.[OH-]. The largest absolute Gasteiger partial charge is 1.00 e. The summed E-state index contributed by atoms with van der Waals surface area (Å²) in [6, 6.07) is 59.5. The maximum atomic E-state index is 11.4. The van der Waals surface area contributed by atoms with E-state index >= 15 is 0 Å². The van der Waals surface area contributed by atoms with E-state index in [0.717, 1.165) is 44.5 Å². The molecule has 85 heavy (non-hydrogen) atoms. The summed E-state index contributed by atoms with van der Waals surface area (Å²) < 4.78 is 6.71. The van der Waals surface area contributed by atoms with E-state index in [0.29, 0.717) is 61.2 Å². The van der Waals surface area contributed by atoms with E-state index in [1.54, 1.807) is 32.6 Å². The van der Waals surface area contributed by atoms with Crippen LogP contribution in [0.25, 0.3) is 10.4 Å². The zero-order chi connectivity index (χ0) is 59.2. The Morgan fingerprint density at radius 1 is 0.459 bits per heavy atom. The third-order valence-electron chi connectivity index (χ3n) is 11.9. The van der Waals surface area contributed by atoms with Gasteiger partial charge >= 0.3 is 24.8 Å². The minimum Gasteiger partial charge on any atom is -0.870 e. The third-order valence-corrected chi connectivity index (χ3v) is 12.6. The summed E-state index contributed by atoms with van der Waals surface area (Å²) in [5, 5.41) is 44.3. The summed E-state index contributed by atoms with van der Waals surface area (Å²) in [5.74, 6) is -1.14. The Hall–Kier alpha value is -9.29. The standard InChI is InChI=1S/3C12H13N3O.C11H11N3O2.C7H7Br.C7H7N3.CH4.Li.H2O/c2*1-9-12(10(2)16)13-14-15(9)8-11-6-4-3-5-7-11;1-9-12(10(2)16)15(14-13-9)8-11-6-4-3-5-7-11;1-8-10(11(15)16)12-13-14(8)7-9-5-3-2-4-6-9;8-6-7-4-2-1-3-5-7;8-10-9-6-7-4-2-1-3-5-7;;;/h3*3-7H,8H2,1-2H3;2-6H,7H2,1H3,(H,15,16);1-5H,6H2;1-5H,6H2;1H4;;1H2/q;;;;;;;+1;/p-1. The van der Waals surface area contributed by atoms with Gasteiger partial charge in [0.25, 0.3) is 0 Å². The monoisotopic (exact) mass is 1210 g/mol. The number of carbonyl (C=O) groups excluding carboxylic acids is 3. The average Bonchev–Trinajstić information content (AvgIpc) is 4.50. The first kappa shape index (κ1) is 71.8. The summed E-state index contributed by atoms with van der Waals surface area (Å²) in [6.07, 6.45) is 0.